The molecule has 0 unspecified atom stereocenters. The highest BCUT2D eigenvalue weighted by Crippen LogP contribution is 2.44. The van der Waals surface area contributed by atoms with E-state index < -0.39 is 18.7 Å². The number of ether oxygens (including phenoxy) is 2. The minimum Gasteiger partial charge on any atom is -0.480 e. The molecule has 0 aromatic heterocycles. The Morgan fingerprint density at radius 1 is 0.882 bits per heavy atom. The molecule has 0 heterocycles. The maximum absolute atomic E-state index is 12.5. The molecular formula is C26H24N2O6. The van der Waals surface area contributed by atoms with E-state index in [1.54, 1.807) is 18.2 Å². The van der Waals surface area contributed by atoms with E-state index in [1.807, 2.05) is 24.3 Å². The quantitative estimate of drug-likeness (QED) is 0.418. The highest BCUT2D eigenvalue weighted by molar-refractivity contribution is 5.96. The zero-order chi connectivity index (χ0) is 23.9. The molecule has 0 saturated heterocycles. The summed E-state index contributed by atoms with van der Waals surface area (Å²) in [6.45, 7) is 0.0116. The number of anilines is 1. The molecular weight excluding hydrogens is 436 g/mol. The number of aliphatic carboxylic acids is 1. The molecule has 4 rings (SSSR count). The summed E-state index contributed by atoms with van der Waals surface area (Å²) in [5, 5.41) is 13.8. The van der Waals surface area contributed by atoms with Gasteiger partial charge in [-0.15, -0.1) is 0 Å². The second-order valence-electron chi connectivity index (χ2n) is 7.73. The van der Waals surface area contributed by atoms with Crippen molar-refractivity contribution in [3.63, 3.8) is 0 Å². The second-order valence-corrected chi connectivity index (χ2v) is 7.73. The lowest BCUT2D eigenvalue weighted by atomic mass is 9.98. The summed E-state index contributed by atoms with van der Waals surface area (Å²) in [5.74, 6) is -1.48. The molecule has 8 nitrogen and oxygen atoms in total. The van der Waals surface area contributed by atoms with Crippen molar-refractivity contribution < 1.29 is 29.0 Å². The Balaban J connectivity index is 1.32. The van der Waals surface area contributed by atoms with E-state index in [0.717, 1.165) is 22.3 Å². The summed E-state index contributed by atoms with van der Waals surface area (Å²) in [5.41, 5.74) is 5.32. The van der Waals surface area contributed by atoms with Gasteiger partial charge < -0.3 is 19.9 Å². The smallest absolute Gasteiger partial charge is 0.411 e. The third-order valence-corrected chi connectivity index (χ3v) is 5.47. The summed E-state index contributed by atoms with van der Waals surface area (Å²) in [7, 11) is 0. The van der Waals surface area contributed by atoms with E-state index in [0.29, 0.717) is 11.3 Å². The Hall–Kier alpha value is -4.17. The second kappa shape index (κ2) is 10.6. The topological polar surface area (TPSA) is 114 Å². The number of carboxylic acid groups (broad SMARTS) is 1. The Labute approximate surface area is 196 Å². The fourth-order valence-electron chi connectivity index (χ4n) is 3.99. The number of carbonyl (C=O) groups is 3. The number of fused-ring (bicyclic) bond motifs is 3. The van der Waals surface area contributed by atoms with Gasteiger partial charge in [0.25, 0.3) is 5.91 Å². The minimum atomic E-state index is -1.07. The van der Waals surface area contributed by atoms with E-state index in [2.05, 4.69) is 34.9 Å². The van der Waals surface area contributed by atoms with Crippen LogP contribution >= 0.6 is 0 Å². The van der Waals surface area contributed by atoms with Gasteiger partial charge in [0.05, 0.1) is 6.61 Å². The first-order valence-corrected chi connectivity index (χ1v) is 10.8. The van der Waals surface area contributed by atoms with Crippen LogP contribution in [0, 0.1) is 0 Å². The average Bonchev–Trinajstić information content (AvgIpc) is 3.16. The van der Waals surface area contributed by atoms with Crippen molar-refractivity contribution in [3.8, 4) is 11.1 Å². The number of carbonyl (C=O) groups excluding carboxylic acids is 2. The van der Waals surface area contributed by atoms with E-state index in [1.165, 1.54) is 6.07 Å². The SMILES string of the molecule is O=C(O)COCCNC(=O)c1cccc(NC(=O)OCC2c3ccccc3-c3ccccc32)c1. The van der Waals surface area contributed by atoms with E-state index >= 15 is 0 Å². The first-order chi connectivity index (χ1) is 16.5. The van der Waals surface area contributed by atoms with E-state index in [9.17, 15) is 14.4 Å². The number of carboxylic acids is 1. The molecule has 0 fully saturated rings. The normalized spacial score (nSPS) is 11.9. The summed E-state index contributed by atoms with van der Waals surface area (Å²) >= 11 is 0. The molecule has 0 saturated carbocycles. The van der Waals surface area contributed by atoms with Gasteiger partial charge in [0.15, 0.2) is 0 Å². The monoisotopic (exact) mass is 460 g/mol. The maximum Gasteiger partial charge on any atom is 0.411 e. The Bertz CT molecular complexity index is 1160. The maximum atomic E-state index is 12.5. The van der Waals surface area contributed by atoms with Crippen molar-refractivity contribution in [2.75, 3.05) is 31.7 Å². The van der Waals surface area contributed by atoms with Gasteiger partial charge in [0.2, 0.25) is 0 Å². The van der Waals surface area contributed by atoms with E-state index in [4.69, 9.17) is 14.6 Å². The molecule has 1 aliphatic carbocycles. The number of hydrogen-bond donors (Lipinski definition) is 3. The Morgan fingerprint density at radius 3 is 2.24 bits per heavy atom. The van der Waals surface area contributed by atoms with Crippen molar-refractivity contribution in [1.82, 2.24) is 5.32 Å². The van der Waals surface area contributed by atoms with Crippen LogP contribution in [0.2, 0.25) is 0 Å². The van der Waals surface area contributed by atoms with Crippen molar-refractivity contribution in [1.29, 1.82) is 0 Å². The summed E-state index contributed by atoms with van der Waals surface area (Å²) in [4.78, 5) is 35.2. The molecule has 8 heteroatoms. The van der Waals surface area contributed by atoms with Gasteiger partial charge in [-0.1, -0.05) is 54.6 Å². The van der Waals surface area contributed by atoms with Gasteiger partial charge in [-0.3, -0.25) is 10.1 Å². The highest BCUT2D eigenvalue weighted by atomic mass is 16.5. The Kier molecular flexibility index (Phi) is 7.19. The third kappa shape index (κ3) is 5.41. The van der Waals surface area contributed by atoms with Crippen LogP contribution in [0.25, 0.3) is 11.1 Å². The lowest BCUT2D eigenvalue weighted by Gasteiger charge is -2.15. The molecule has 3 aromatic rings. The van der Waals surface area contributed by atoms with Crippen molar-refractivity contribution in [3.05, 3.63) is 89.5 Å². The molecule has 3 aromatic carbocycles. The van der Waals surface area contributed by atoms with Gasteiger partial charge in [-0.2, -0.15) is 0 Å². The zero-order valence-electron chi connectivity index (χ0n) is 18.3. The molecule has 174 valence electrons. The molecule has 0 radical (unpaired) electrons. The number of amides is 2. The lowest BCUT2D eigenvalue weighted by molar-refractivity contribution is -0.142. The molecule has 0 spiro atoms. The zero-order valence-corrected chi connectivity index (χ0v) is 18.3. The largest absolute Gasteiger partial charge is 0.480 e. The molecule has 34 heavy (non-hydrogen) atoms. The van der Waals surface area contributed by atoms with Crippen molar-refractivity contribution in [2.24, 2.45) is 0 Å². The number of nitrogens with one attached hydrogen (secondary N) is 2. The molecule has 0 bridgehead atoms. The first-order valence-electron chi connectivity index (χ1n) is 10.8. The lowest BCUT2D eigenvalue weighted by Crippen LogP contribution is -2.28. The fourth-order valence-corrected chi connectivity index (χ4v) is 3.99. The van der Waals surface area contributed by atoms with Gasteiger partial charge in [-0.25, -0.2) is 9.59 Å². The standard InChI is InChI=1S/C26H24N2O6/c29-24(30)16-33-13-12-27-25(31)17-6-5-7-18(14-17)28-26(32)34-15-23-21-10-3-1-8-19(21)20-9-2-4-11-22(20)23/h1-11,14,23H,12-13,15-16H2,(H,27,31)(H,28,32)(H,29,30). The highest BCUT2D eigenvalue weighted by Gasteiger charge is 2.29. The number of rotatable bonds is 9. The Morgan fingerprint density at radius 2 is 1.56 bits per heavy atom. The molecule has 3 N–H and O–H groups in total. The van der Waals surface area contributed by atoms with Crippen LogP contribution < -0.4 is 10.6 Å². The first kappa shape index (κ1) is 23.0. The number of benzene rings is 3. The van der Waals surface area contributed by atoms with Gasteiger partial charge in [-0.05, 0) is 40.5 Å². The van der Waals surface area contributed by atoms with E-state index in [-0.39, 0.29) is 31.6 Å². The van der Waals surface area contributed by atoms with Crippen LogP contribution in [0.4, 0.5) is 10.5 Å². The van der Waals surface area contributed by atoms with Crippen LogP contribution in [-0.2, 0) is 14.3 Å². The van der Waals surface area contributed by atoms with Crippen molar-refractivity contribution >= 4 is 23.7 Å². The van der Waals surface area contributed by atoms with Crippen molar-refractivity contribution in [2.45, 2.75) is 5.92 Å². The van der Waals surface area contributed by atoms with Gasteiger partial charge >= 0.3 is 12.1 Å². The molecule has 0 atom stereocenters. The minimum absolute atomic E-state index is 0.0430. The summed E-state index contributed by atoms with van der Waals surface area (Å²) < 4.78 is 10.4. The summed E-state index contributed by atoms with van der Waals surface area (Å²) in [6.07, 6.45) is -0.610. The third-order valence-electron chi connectivity index (χ3n) is 5.47. The molecule has 2 amide bonds. The van der Waals surface area contributed by atoms with Crippen LogP contribution in [0.15, 0.2) is 72.8 Å². The van der Waals surface area contributed by atoms with Gasteiger partial charge in [0.1, 0.15) is 13.2 Å². The predicted molar refractivity (Wildman–Crippen MR) is 126 cm³/mol. The number of hydrogen-bond acceptors (Lipinski definition) is 5. The van der Waals surface area contributed by atoms with Gasteiger partial charge in [0, 0.05) is 23.7 Å². The molecule has 0 aliphatic heterocycles. The van der Waals surface area contributed by atoms with Crippen LogP contribution in [-0.4, -0.2) is 49.4 Å². The fraction of sp³-hybridized carbons (Fsp3) is 0.192. The predicted octanol–water partition coefficient (Wildman–Crippen LogP) is 3.88. The summed E-state index contributed by atoms with van der Waals surface area (Å²) in [6, 6.07) is 22.7. The van der Waals surface area contributed by atoms with Crippen LogP contribution in [0.5, 0.6) is 0 Å². The van der Waals surface area contributed by atoms with Crippen LogP contribution in [0.3, 0.4) is 0 Å². The van der Waals surface area contributed by atoms with Crippen LogP contribution in [0.1, 0.15) is 27.4 Å². The average molecular weight is 460 g/mol. The molecule has 1 aliphatic rings.